The lowest BCUT2D eigenvalue weighted by Gasteiger charge is -2.04. The van der Waals surface area contributed by atoms with Gasteiger partial charge in [0.15, 0.2) is 5.17 Å². The number of nitrogens with one attached hydrogen (secondary N) is 1. The molecule has 1 saturated heterocycles. The summed E-state index contributed by atoms with van der Waals surface area (Å²) in [5.41, 5.74) is 3.99. The van der Waals surface area contributed by atoms with Gasteiger partial charge in [-0.25, -0.2) is 4.99 Å². The summed E-state index contributed by atoms with van der Waals surface area (Å²) in [6.45, 7) is 4.04. The number of amides is 1. The SMILES string of the molecule is Cc1cc(N=C2NC(=O)/C(=C\c3ccc(-c4ccc(Br)cc4)o3)S2)cc(C)c1Br. The van der Waals surface area contributed by atoms with Crippen LogP contribution in [0.2, 0.25) is 0 Å². The first-order valence-corrected chi connectivity index (χ1v) is 11.2. The van der Waals surface area contributed by atoms with E-state index in [2.05, 4.69) is 42.2 Å². The maximum Gasteiger partial charge on any atom is 0.264 e. The fourth-order valence-electron chi connectivity index (χ4n) is 2.91. The van der Waals surface area contributed by atoms with Gasteiger partial charge in [0.1, 0.15) is 11.5 Å². The topological polar surface area (TPSA) is 54.6 Å². The van der Waals surface area contributed by atoms with Gasteiger partial charge in [0, 0.05) is 20.6 Å². The second-order valence-electron chi connectivity index (χ2n) is 6.58. The van der Waals surface area contributed by atoms with Crippen LogP contribution in [0, 0.1) is 13.8 Å². The molecule has 7 heteroatoms. The first kappa shape index (κ1) is 20.2. The van der Waals surface area contributed by atoms with Gasteiger partial charge in [0.05, 0.1) is 10.6 Å². The van der Waals surface area contributed by atoms with Gasteiger partial charge in [-0.15, -0.1) is 0 Å². The maximum absolute atomic E-state index is 12.3. The van der Waals surface area contributed by atoms with Gasteiger partial charge in [-0.2, -0.15) is 0 Å². The second kappa shape index (κ2) is 8.34. The minimum Gasteiger partial charge on any atom is -0.457 e. The van der Waals surface area contributed by atoms with Gasteiger partial charge in [0.25, 0.3) is 5.91 Å². The van der Waals surface area contributed by atoms with Crippen molar-refractivity contribution in [2.24, 2.45) is 4.99 Å². The van der Waals surface area contributed by atoms with Crippen LogP contribution in [0.4, 0.5) is 5.69 Å². The Balaban J connectivity index is 1.55. The summed E-state index contributed by atoms with van der Waals surface area (Å²) >= 11 is 8.29. The van der Waals surface area contributed by atoms with Gasteiger partial charge in [-0.3, -0.25) is 4.79 Å². The zero-order valence-electron chi connectivity index (χ0n) is 15.6. The minimum absolute atomic E-state index is 0.180. The molecule has 0 aliphatic carbocycles. The molecule has 1 aromatic heterocycles. The number of amidine groups is 1. The van der Waals surface area contributed by atoms with Crippen LogP contribution in [-0.2, 0) is 4.79 Å². The molecule has 1 fully saturated rings. The monoisotopic (exact) mass is 530 g/mol. The quantitative estimate of drug-likeness (QED) is 0.371. The van der Waals surface area contributed by atoms with E-state index in [-0.39, 0.29) is 5.91 Å². The highest BCUT2D eigenvalue weighted by Crippen LogP contribution is 2.32. The molecular formula is C22H16Br2N2O2S. The van der Waals surface area contributed by atoms with E-state index in [0.29, 0.717) is 15.8 Å². The van der Waals surface area contributed by atoms with Crippen molar-refractivity contribution in [3.63, 3.8) is 0 Å². The number of rotatable bonds is 3. The number of hydrogen-bond acceptors (Lipinski definition) is 4. The fourth-order valence-corrected chi connectivity index (χ4v) is 4.23. The zero-order valence-corrected chi connectivity index (χ0v) is 19.6. The van der Waals surface area contributed by atoms with Crippen molar-refractivity contribution in [2.45, 2.75) is 13.8 Å². The van der Waals surface area contributed by atoms with Crippen molar-refractivity contribution in [3.8, 4) is 11.3 Å². The Morgan fingerprint density at radius 3 is 2.41 bits per heavy atom. The van der Waals surface area contributed by atoms with Crippen LogP contribution in [0.15, 0.2) is 71.8 Å². The second-order valence-corrected chi connectivity index (χ2v) is 9.32. The van der Waals surface area contributed by atoms with Gasteiger partial charge in [-0.1, -0.05) is 44.0 Å². The van der Waals surface area contributed by atoms with Crippen LogP contribution in [0.3, 0.4) is 0 Å². The largest absolute Gasteiger partial charge is 0.457 e. The number of nitrogens with zero attached hydrogens (tertiary/aromatic N) is 1. The Hall–Kier alpha value is -2.09. The normalized spacial score (nSPS) is 16.6. The first-order valence-electron chi connectivity index (χ1n) is 8.81. The molecule has 3 aromatic rings. The average molecular weight is 532 g/mol. The molecule has 29 heavy (non-hydrogen) atoms. The molecule has 2 heterocycles. The number of aryl methyl sites for hydroxylation is 2. The van der Waals surface area contributed by atoms with Crippen molar-refractivity contribution < 1.29 is 9.21 Å². The Labute approximate surface area is 189 Å². The molecule has 0 atom stereocenters. The summed E-state index contributed by atoms with van der Waals surface area (Å²) < 4.78 is 7.97. The molecule has 1 N–H and O–H groups in total. The molecule has 0 unspecified atom stereocenters. The summed E-state index contributed by atoms with van der Waals surface area (Å²) in [6, 6.07) is 15.6. The average Bonchev–Trinajstić information content (AvgIpc) is 3.27. The number of thioether (sulfide) groups is 1. The van der Waals surface area contributed by atoms with E-state index in [1.807, 2.05) is 62.4 Å². The van der Waals surface area contributed by atoms with E-state index < -0.39 is 0 Å². The third-order valence-electron chi connectivity index (χ3n) is 4.33. The lowest BCUT2D eigenvalue weighted by Crippen LogP contribution is -2.19. The molecule has 2 aromatic carbocycles. The van der Waals surface area contributed by atoms with Crippen LogP contribution in [-0.4, -0.2) is 11.1 Å². The van der Waals surface area contributed by atoms with Crippen LogP contribution in [0.5, 0.6) is 0 Å². The number of halogens is 2. The third kappa shape index (κ3) is 4.57. The Morgan fingerprint density at radius 1 is 1.03 bits per heavy atom. The molecule has 0 bridgehead atoms. The third-order valence-corrected chi connectivity index (χ3v) is 7.02. The Morgan fingerprint density at radius 2 is 1.72 bits per heavy atom. The predicted molar refractivity (Wildman–Crippen MR) is 126 cm³/mol. The summed E-state index contributed by atoms with van der Waals surface area (Å²) in [4.78, 5) is 17.5. The minimum atomic E-state index is -0.180. The van der Waals surface area contributed by atoms with E-state index in [9.17, 15) is 4.79 Å². The number of benzene rings is 2. The summed E-state index contributed by atoms with van der Waals surface area (Å²) in [5.74, 6) is 1.19. The van der Waals surface area contributed by atoms with Crippen LogP contribution < -0.4 is 5.32 Å². The van der Waals surface area contributed by atoms with Crippen LogP contribution >= 0.6 is 43.6 Å². The molecule has 1 amide bonds. The lowest BCUT2D eigenvalue weighted by molar-refractivity contribution is -0.115. The highest BCUT2D eigenvalue weighted by atomic mass is 79.9. The van der Waals surface area contributed by atoms with Gasteiger partial charge in [-0.05, 0) is 73.1 Å². The number of carbonyl (C=O) groups is 1. The molecule has 1 aliphatic heterocycles. The molecule has 1 aliphatic rings. The fraction of sp³-hybridized carbons (Fsp3) is 0.0909. The summed E-state index contributed by atoms with van der Waals surface area (Å²) in [5, 5.41) is 3.38. The highest BCUT2D eigenvalue weighted by molar-refractivity contribution is 9.10. The zero-order chi connectivity index (χ0) is 20.5. The number of aliphatic imine (C=N–C) groups is 1. The Bertz CT molecular complexity index is 1140. The van der Waals surface area contributed by atoms with Crippen molar-refractivity contribution in [2.75, 3.05) is 0 Å². The van der Waals surface area contributed by atoms with Gasteiger partial charge in [0.2, 0.25) is 0 Å². The van der Waals surface area contributed by atoms with E-state index in [1.165, 1.54) is 11.8 Å². The van der Waals surface area contributed by atoms with Gasteiger partial charge >= 0.3 is 0 Å². The molecule has 0 spiro atoms. The van der Waals surface area contributed by atoms with Crippen LogP contribution in [0.1, 0.15) is 16.9 Å². The van der Waals surface area contributed by atoms with E-state index >= 15 is 0 Å². The van der Waals surface area contributed by atoms with Crippen molar-refractivity contribution >= 4 is 66.5 Å². The van der Waals surface area contributed by atoms with Gasteiger partial charge < -0.3 is 9.73 Å². The standard InChI is InChI=1S/C22H16Br2N2O2S/c1-12-9-16(10-13(2)20(12)24)25-22-26-21(27)19(29-22)11-17-7-8-18(28-17)14-3-5-15(23)6-4-14/h3-11H,1-2H3,(H,25,26,27)/b19-11+. The highest BCUT2D eigenvalue weighted by Gasteiger charge is 2.24. The first-order chi connectivity index (χ1) is 13.9. The number of hydrogen-bond donors (Lipinski definition) is 1. The van der Waals surface area contributed by atoms with Crippen molar-refractivity contribution in [3.05, 3.63) is 79.3 Å². The van der Waals surface area contributed by atoms with Crippen molar-refractivity contribution in [1.29, 1.82) is 0 Å². The Kier molecular flexibility index (Phi) is 5.81. The van der Waals surface area contributed by atoms with Crippen LogP contribution in [0.25, 0.3) is 17.4 Å². The summed E-state index contributed by atoms with van der Waals surface area (Å²) in [6.07, 6.45) is 1.74. The lowest BCUT2D eigenvalue weighted by atomic mass is 10.1. The number of carbonyl (C=O) groups excluding carboxylic acids is 1. The maximum atomic E-state index is 12.3. The molecule has 4 rings (SSSR count). The summed E-state index contributed by atoms with van der Waals surface area (Å²) in [7, 11) is 0. The van der Waals surface area contributed by atoms with Crippen molar-refractivity contribution in [1.82, 2.24) is 5.32 Å². The molecular weight excluding hydrogens is 516 g/mol. The number of furan rings is 1. The van der Waals surface area contributed by atoms with E-state index in [1.54, 1.807) is 6.08 Å². The smallest absolute Gasteiger partial charge is 0.264 e. The molecule has 146 valence electrons. The van der Waals surface area contributed by atoms with E-state index in [0.717, 1.165) is 37.1 Å². The van der Waals surface area contributed by atoms with E-state index in [4.69, 9.17) is 4.42 Å². The molecule has 0 radical (unpaired) electrons. The predicted octanol–water partition coefficient (Wildman–Crippen LogP) is 6.98. The molecule has 4 nitrogen and oxygen atoms in total. The molecule has 0 saturated carbocycles.